The first kappa shape index (κ1) is 21.1. The van der Waals surface area contributed by atoms with Crippen molar-refractivity contribution in [2.75, 3.05) is 18.4 Å². The highest BCUT2D eigenvalue weighted by molar-refractivity contribution is 7.89. The van der Waals surface area contributed by atoms with Crippen molar-refractivity contribution in [3.05, 3.63) is 42.4 Å². The standard InChI is InChI=1S/C15H21N5O3S.ClH/c1-3-16-8-12-5-4-6-13(7-12)19-14(21)9-18-24(22,23)15-10-20(2)11-17-15;/h4-7,10-11,16,18H,3,8-9H2,1-2H3,(H,19,21);1H. The molecule has 0 aliphatic rings. The first-order valence-electron chi connectivity index (χ1n) is 7.48. The Kier molecular flexibility index (Phi) is 8.04. The second-order valence-electron chi connectivity index (χ2n) is 5.23. The Morgan fingerprint density at radius 1 is 1.32 bits per heavy atom. The van der Waals surface area contributed by atoms with E-state index in [1.165, 1.54) is 17.1 Å². The van der Waals surface area contributed by atoms with E-state index in [1.54, 1.807) is 13.1 Å². The van der Waals surface area contributed by atoms with Crippen LogP contribution in [0.5, 0.6) is 0 Å². The molecule has 0 aliphatic heterocycles. The van der Waals surface area contributed by atoms with Crippen LogP contribution in [0.4, 0.5) is 5.69 Å². The number of nitrogens with one attached hydrogen (secondary N) is 3. The zero-order valence-electron chi connectivity index (χ0n) is 14.0. The Morgan fingerprint density at radius 3 is 2.72 bits per heavy atom. The first-order chi connectivity index (χ1) is 11.4. The van der Waals surface area contributed by atoms with E-state index in [0.717, 1.165) is 12.1 Å². The zero-order valence-corrected chi connectivity index (χ0v) is 15.7. The second-order valence-corrected chi connectivity index (χ2v) is 6.94. The average molecular weight is 388 g/mol. The molecule has 0 aliphatic carbocycles. The van der Waals surface area contributed by atoms with E-state index >= 15 is 0 Å². The number of carbonyl (C=O) groups excluding carboxylic acids is 1. The van der Waals surface area contributed by atoms with Gasteiger partial charge in [-0.3, -0.25) is 4.79 Å². The molecule has 0 saturated carbocycles. The van der Waals surface area contributed by atoms with Gasteiger partial charge in [0.05, 0.1) is 12.9 Å². The molecule has 2 aromatic rings. The normalized spacial score (nSPS) is 11.0. The number of hydrogen-bond acceptors (Lipinski definition) is 5. The van der Waals surface area contributed by atoms with Crippen LogP contribution < -0.4 is 15.4 Å². The summed E-state index contributed by atoms with van der Waals surface area (Å²) in [6.07, 6.45) is 2.74. The molecule has 0 atom stereocenters. The molecule has 0 fully saturated rings. The second kappa shape index (κ2) is 9.52. The molecule has 1 heterocycles. The van der Waals surface area contributed by atoms with Crippen LogP contribution in [0.1, 0.15) is 12.5 Å². The van der Waals surface area contributed by atoms with E-state index in [2.05, 4.69) is 20.3 Å². The SMILES string of the molecule is CCNCc1cccc(NC(=O)CNS(=O)(=O)c2cn(C)cn2)c1.Cl. The lowest BCUT2D eigenvalue weighted by atomic mass is 10.2. The van der Waals surface area contributed by atoms with Crippen LogP contribution in [-0.2, 0) is 28.4 Å². The van der Waals surface area contributed by atoms with Gasteiger partial charge in [0.2, 0.25) is 5.91 Å². The molecule has 1 aromatic heterocycles. The van der Waals surface area contributed by atoms with E-state index in [4.69, 9.17) is 0 Å². The highest BCUT2D eigenvalue weighted by Gasteiger charge is 2.18. The topological polar surface area (TPSA) is 105 Å². The third kappa shape index (κ3) is 6.46. The van der Waals surface area contributed by atoms with Crippen molar-refractivity contribution >= 4 is 34.0 Å². The number of nitrogens with zero attached hydrogens (tertiary/aromatic N) is 2. The third-order valence-electron chi connectivity index (χ3n) is 3.17. The Bertz CT molecular complexity index is 807. The van der Waals surface area contributed by atoms with E-state index < -0.39 is 15.9 Å². The van der Waals surface area contributed by atoms with Gasteiger partial charge in [0.15, 0.2) is 5.03 Å². The highest BCUT2D eigenvalue weighted by Crippen LogP contribution is 2.10. The molecular weight excluding hydrogens is 366 g/mol. The zero-order chi connectivity index (χ0) is 17.6. The van der Waals surface area contributed by atoms with E-state index in [1.807, 2.05) is 25.1 Å². The molecule has 0 spiro atoms. The predicted octanol–water partition coefficient (Wildman–Crippen LogP) is 0.868. The van der Waals surface area contributed by atoms with Crippen LogP contribution in [0.15, 0.2) is 41.8 Å². The molecule has 1 aromatic carbocycles. The van der Waals surface area contributed by atoms with Crippen LogP contribution in [0.3, 0.4) is 0 Å². The molecule has 25 heavy (non-hydrogen) atoms. The highest BCUT2D eigenvalue weighted by atomic mass is 35.5. The van der Waals surface area contributed by atoms with Crippen molar-refractivity contribution in [1.29, 1.82) is 0 Å². The molecule has 3 N–H and O–H groups in total. The molecule has 0 saturated heterocycles. The summed E-state index contributed by atoms with van der Waals surface area (Å²) in [5, 5.41) is 5.75. The summed E-state index contributed by atoms with van der Waals surface area (Å²) in [4.78, 5) is 15.7. The van der Waals surface area contributed by atoms with Gasteiger partial charge in [0.25, 0.3) is 10.0 Å². The number of aryl methyl sites for hydroxylation is 1. The number of aromatic nitrogens is 2. The maximum Gasteiger partial charge on any atom is 0.260 e. The van der Waals surface area contributed by atoms with Crippen LogP contribution in [-0.4, -0.2) is 37.0 Å². The van der Waals surface area contributed by atoms with Crippen molar-refractivity contribution in [2.24, 2.45) is 7.05 Å². The smallest absolute Gasteiger partial charge is 0.260 e. The molecule has 8 nitrogen and oxygen atoms in total. The van der Waals surface area contributed by atoms with E-state index in [9.17, 15) is 13.2 Å². The monoisotopic (exact) mass is 387 g/mol. The van der Waals surface area contributed by atoms with Crippen molar-refractivity contribution < 1.29 is 13.2 Å². The summed E-state index contributed by atoms with van der Waals surface area (Å²) < 4.78 is 27.7. The van der Waals surface area contributed by atoms with E-state index in [0.29, 0.717) is 12.2 Å². The molecule has 0 bridgehead atoms. The quantitative estimate of drug-likeness (QED) is 0.623. The maximum atomic E-state index is 12.0. The lowest BCUT2D eigenvalue weighted by Crippen LogP contribution is -2.33. The fourth-order valence-electron chi connectivity index (χ4n) is 2.00. The number of benzene rings is 1. The maximum absolute atomic E-state index is 12.0. The minimum absolute atomic E-state index is 0. The van der Waals surface area contributed by atoms with Crippen molar-refractivity contribution in [1.82, 2.24) is 19.6 Å². The number of anilines is 1. The number of hydrogen-bond donors (Lipinski definition) is 3. The van der Waals surface area contributed by atoms with Crippen molar-refractivity contribution in [3.63, 3.8) is 0 Å². The van der Waals surface area contributed by atoms with Crippen LogP contribution in [0.25, 0.3) is 0 Å². The summed E-state index contributed by atoms with van der Waals surface area (Å²) in [7, 11) is -2.13. The van der Waals surface area contributed by atoms with Crippen molar-refractivity contribution in [2.45, 2.75) is 18.5 Å². The molecule has 2 rings (SSSR count). The number of amides is 1. The summed E-state index contributed by atoms with van der Waals surface area (Å²) in [6, 6.07) is 7.37. The van der Waals surface area contributed by atoms with Crippen LogP contribution in [0.2, 0.25) is 0 Å². The molecular formula is C15H22ClN5O3S. The number of halogens is 1. The Morgan fingerprint density at radius 2 is 2.08 bits per heavy atom. The average Bonchev–Trinajstić information content (AvgIpc) is 2.99. The third-order valence-corrected chi connectivity index (χ3v) is 4.45. The Labute approximate surface area is 153 Å². The predicted molar refractivity (Wildman–Crippen MR) is 98.1 cm³/mol. The van der Waals surface area contributed by atoms with Gasteiger partial charge in [-0.25, -0.2) is 18.1 Å². The number of sulfonamides is 1. The lowest BCUT2D eigenvalue weighted by Gasteiger charge is -2.08. The largest absolute Gasteiger partial charge is 0.339 e. The minimum Gasteiger partial charge on any atom is -0.339 e. The molecule has 10 heteroatoms. The molecule has 0 radical (unpaired) electrons. The summed E-state index contributed by atoms with van der Waals surface area (Å²) in [5.41, 5.74) is 1.65. The van der Waals surface area contributed by atoms with Crippen LogP contribution in [0, 0.1) is 0 Å². The fraction of sp³-hybridized carbons (Fsp3) is 0.333. The number of carbonyl (C=O) groups is 1. The van der Waals surface area contributed by atoms with Gasteiger partial charge in [-0.1, -0.05) is 19.1 Å². The van der Waals surface area contributed by atoms with Gasteiger partial charge in [0.1, 0.15) is 0 Å². The number of imidazole rings is 1. The van der Waals surface area contributed by atoms with Gasteiger partial charge >= 0.3 is 0 Å². The van der Waals surface area contributed by atoms with E-state index in [-0.39, 0.29) is 24.0 Å². The summed E-state index contributed by atoms with van der Waals surface area (Å²) >= 11 is 0. The summed E-state index contributed by atoms with van der Waals surface area (Å²) in [5.74, 6) is -0.449. The molecule has 0 unspecified atom stereocenters. The van der Waals surface area contributed by atoms with Gasteiger partial charge < -0.3 is 15.2 Å². The first-order valence-corrected chi connectivity index (χ1v) is 8.96. The summed E-state index contributed by atoms with van der Waals surface area (Å²) in [6.45, 7) is 3.20. The van der Waals surface area contributed by atoms with Gasteiger partial charge in [-0.05, 0) is 24.2 Å². The fourth-order valence-corrected chi connectivity index (χ4v) is 2.96. The number of rotatable bonds is 8. The van der Waals surface area contributed by atoms with Crippen LogP contribution >= 0.6 is 12.4 Å². The molecule has 138 valence electrons. The molecule has 1 amide bonds. The van der Waals surface area contributed by atoms with Crippen molar-refractivity contribution in [3.8, 4) is 0 Å². The Hall–Kier alpha value is -1.94. The Balaban J connectivity index is 0.00000312. The lowest BCUT2D eigenvalue weighted by molar-refractivity contribution is -0.115. The van der Waals surface area contributed by atoms with Gasteiger partial charge in [-0.15, -0.1) is 12.4 Å². The van der Waals surface area contributed by atoms with Gasteiger partial charge in [0, 0.05) is 25.5 Å². The van der Waals surface area contributed by atoms with Gasteiger partial charge in [-0.2, -0.15) is 0 Å². The minimum atomic E-state index is -3.80.